The van der Waals surface area contributed by atoms with Crippen LogP contribution in [0.4, 0.5) is 0 Å². The summed E-state index contributed by atoms with van der Waals surface area (Å²) < 4.78 is 6.01. The van der Waals surface area contributed by atoms with Crippen molar-refractivity contribution in [2.75, 3.05) is 13.2 Å². The number of nitrogens with zero attached hydrogens (tertiary/aromatic N) is 1. The Balaban J connectivity index is 2.18. The number of carbonyl (C=O) groups excluding carboxylic acids is 1. The molecule has 5 heteroatoms. The van der Waals surface area contributed by atoms with Crippen LogP contribution in [0.5, 0.6) is 5.75 Å². The average Bonchev–Trinajstić information content (AvgIpc) is 2.67. The quantitative estimate of drug-likeness (QED) is 0.629. The summed E-state index contributed by atoms with van der Waals surface area (Å²) in [5, 5.41) is 0. The number of amides is 1. The predicted octanol–water partition coefficient (Wildman–Crippen LogP) is 3.31. The Kier molecular flexibility index (Phi) is 4.61. The number of rotatable bonds is 4. The Morgan fingerprint density at radius 3 is 2.53 bits per heavy atom. The lowest BCUT2D eigenvalue weighted by molar-refractivity contribution is -0.121. The first-order valence-electron chi connectivity index (χ1n) is 6.14. The Morgan fingerprint density at radius 2 is 2.00 bits per heavy atom. The second-order valence-corrected chi connectivity index (χ2v) is 5.60. The van der Waals surface area contributed by atoms with E-state index in [1.54, 1.807) is 4.90 Å². The molecule has 0 aromatic heterocycles. The lowest BCUT2D eigenvalue weighted by Crippen LogP contribution is -2.27. The number of thioether (sulfide) groups is 1. The van der Waals surface area contributed by atoms with Crippen molar-refractivity contribution in [1.29, 1.82) is 0 Å². The van der Waals surface area contributed by atoms with Gasteiger partial charge in [-0.25, -0.2) is 0 Å². The molecule has 100 valence electrons. The molecule has 3 nitrogen and oxygen atoms in total. The number of likely N-dealkylation sites (N-methyl/N-ethyl adjacent to an activating group) is 1. The van der Waals surface area contributed by atoms with Crippen LogP contribution in [0, 0.1) is 0 Å². The van der Waals surface area contributed by atoms with Gasteiger partial charge >= 0.3 is 0 Å². The number of carbonyl (C=O) groups is 1. The monoisotopic (exact) mass is 293 g/mol. The summed E-state index contributed by atoms with van der Waals surface area (Å²) in [7, 11) is 0. The van der Waals surface area contributed by atoms with Crippen molar-refractivity contribution in [2.24, 2.45) is 0 Å². The summed E-state index contributed by atoms with van der Waals surface area (Å²) in [5.41, 5.74) is 0.972. The smallest absolute Gasteiger partial charge is 0.266 e. The minimum absolute atomic E-state index is 0.00798. The normalized spacial score (nSPS) is 17.4. The first-order valence-corrected chi connectivity index (χ1v) is 7.36. The van der Waals surface area contributed by atoms with E-state index < -0.39 is 0 Å². The van der Waals surface area contributed by atoms with Gasteiger partial charge in [0, 0.05) is 6.54 Å². The fraction of sp³-hybridized carbons (Fsp3) is 0.286. The highest BCUT2D eigenvalue weighted by Crippen LogP contribution is 2.32. The molecule has 0 saturated carbocycles. The van der Waals surface area contributed by atoms with Crippen molar-refractivity contribution in [3.05, 3.63) is 34.7 Å². The van der Waals surface area contributed by atoms with Crippen molar-refractivity contribution in [3.8, 4) is 5.75 Å². The average molecular weight is 293 g/mol. The first-order chi connectivity index (χ1) is 9.15. The summed E-state index contributed by atoms with van der Waals surface area (Å²) in [6.45, 7) is 5.13. The minimum atomic E-state index is -0.00798. The number of thiocarbonyl (C=S) groups is 1. The van der Waals surface area contributed by atoms with Crippen LogP contribution in [0.15, 0.2) is 29.2 Å². The van der Waals surface area contributed by atoms with Crippen LogP contribution in [0.25, 0.3) is 6.08 Å². The molecular formula is C14H15NO2S2. The second kappa shape index (κ2) is 6.21. The van der Waals surface area contributed by atoms with Gasteiger partial charge in [-0.05, 0) is 37.6 Å². The summed E-state index contributed by atoms with van der Waals surface area (Å²) in [6.07, 6.45) is 1.87. The Bertz CT molecular complexity index is 523. The zero-order valence-corrected chi connectivity index (χ0v) is 12.5. The molecule has 1 aliphatic rings. The molecule has 1 heterocycles. The van der Waals surface area contributed by atoms with Crippen LogP contribution in [-0.4, -0.2) is 28.3 Å². The number of hydrogen-bond acceptors (Lipinski definition) is 4. The predicted molar refractivity (Wildman–Crippen MR) is 83.2 cm³/mol. The zero-order valence-electron chi connectivity index (χ0n) is 10.9. The molecule has 19 heavy (non-hydrogen) atoms. The van der Waals surface area contributed by atoms with Gasteiger partial charge in [-0.3, -0.25) is 9.69 Å². The van der Waals surface area contributed by atoms with Crippen molar-refractivity contribution in [3.63, 3.8) is 0 Å². The van der Waals surface area contributed by atoms with E-state index in [1.165, 1.54) is 11.8 Å². The van der Waals surface area contributed by atoms with Crippen LogP contribution >= 0.6 is 24.0 Å². The largest absolute Gasteiger partial charge is 0.494 e. The van der Waals surface area contributed by atoms with Gasteiger partial charge in [-0.2, -0.15) is 0 Å². The molecule has 0 bridgehead atoms. The van der Waals surface area contributed by atoms with Gasteiger partial charge in [-0.15, -0.1) is 0 Å². The van der Waals surface area contributed by atoms with E-state index >= 15 is 0 Å². The maximum atomic E-state index is 12.0. The molecule has 1 fully saturated rings. The molecular weight excluding hydrogens is 278 g/mol. The van der Waals surface area contributed by atoms with E-state index in [0.717, 1.165) is 11.3 Å². The van der Waals surface area contributed by atoms with Crippen molar-refractivity contribution in [1.82, 2.24) is 4.90 Å². The highest BCUT2D eigenvalue weighted by Gasteiger charge is 2.30. The topological polar surface area (TPSA) is 29.5 Å². The van der Waals surface area contributed by atoms with E-state index in [0.29, 0.717) is 22.4 Å². The van der Waals surface area contributed by atoms with Crippen LogP contribution in [0.2, 0.25) is 0 Å². The molecule has 0 unspecified atom stereocenters. The lowest BCUT2D eigenvalue weighted by atomic mass is 10.2. The van der Waals surface area contributed by atoms with Crippen molar-refractivity contribution < 1.29 is 9.53 Å². The van der Waals surface area contributed by atoms with Crippen LogP contribution in [-0.2, 0) is 4.79 Å². The van der Waals surface area contributed by atoms with E-state index in [4.69, 9.17) is 17.0 Å². The fourth-order valence-corrected chi connectivity index (χ4v) is 3.14. The van der Waals surface area contributed by atoms with Crippen molar-refractivity contribution in [2.45, 2.75) is 13.8 Å². The van der Waals surface area contributed by atoms with Gasteiger partial charge in [0.05, 0.1) is 11.5 Å². The van der Waals surface area contributed by atoms with Gasteiger partial charge in [0.25, 0.3) is 5.91 Å². The summed E-state index contributed by atoms with van der Waals surface area (Å²) in [4.78, 5) is 14.3. The van der Waals surface area contributed by atoms with Gasteiger partial charge < -0.3 is 4.74 Å². The van der Waals surface area contributed by atoms with E-state index in [9.17, 15) is 4.79 Å². The highest BCUT2D eigenvalue weighted by molar-refractivity contribution is 8.26. The van der Waals surface area contributed by atoms with Crippen molar-refractivity contribution >= 4 is 40.3 Å². The minimum Gasteiger partial charge on any atom is -0.494 e. The Labute approximate surface area is 122 Å². The van der Waals surface area contributed by atoms with Gasteiger partial charge in [0.2, 0.25) is 0 Å². The van der Waals surface area contributed by atoms with Gasteiger partial charge in [0.1, 0.15) is 10.1 Å². The van der Waals surface area contributed by atoms with E-state index in [-0.39, 0.29) is 5.91 Å². The molecule has 1 aromatic carbocycles. The number of ether oxygens (including phenoxy) is 1. The fourth-order valence-electron chi connectivity index (χ4n) is 1.75. The summed E-state index contributed by atoms with van der Waals surface area (Å²) >= 11 is 6.53. The molecule has 0 radical (unpaired) electrons. The van der Waals surface area contributed by atoms with Crippen LogP contribution < -0.4 is 4.74 Å². The van der Waals surface area contributed by atoms with Gasteiger partial charge in [-0.1, -0.05) is 36.1 Å². The molecule has 2 rings (SSSR count). The lowest BCUT2D eigenvalue weighted by Gasteiger charge is -2.09. The van der Waals surface area contributed by atoms with E-state index in [1.807, 2.05) is 44.2 Å². The molecule has 1 amide bonds. The van der Waals surface area contributed by atoms with Crippen LogP contribution in [0.1, 0.15) is 19.4 Å². The maximum Gasteiger partial charge on any atom is 0.266 e. The maximum absolute atomic E-state index is 12.0. The second-order valence-electron chi connectivity index (χ2n) is 3.93. The molecule has 0 aliphatic carbocycles. The molecule has 1 saturated heterocycles. The van der Waals surface area contributed by atoms with Gasteiger partial charge in [0.15, 0.2) is 0 Å². The Hall–Kier alpha value is -1.33. The molecule has 0 atom stereocenters. The van der Waals surface area contributed by atoms with Crippen LogP contribution in [0.3, 0.4) is 0 Å². The molecule has 1 aromatic rings. The standard InChI is InChI=1S/C14H15NO2S2/c1-3-15-13(16)12(19-14(15)18)9-10-5-7-11(8-6-10)17-4-2/h5-9H,3-4H2,1-2H3/b12-9-. The first kappa shape index (κ1) is 14.1. The zero-order chi connectivity index (χ0) is 13.8. The third-order valence-electron chi connectivity index (χ3n) is 2.68. The molecule has 0 N–H and O–H groups in total. The highest BCUT2D eigenvalue weighted by atomic mass is 32.2. The number of benzene rings is 1. The summed E-state index contributed by atoms with van der Waals surface area (Å²) in [6, 6.07) is 7.67. The van der Waals surface area contributed by atoms with E-state index in [2.05, 4.69) is 0 Å². The third kappa shape index (κ3) is 3.16. The summed E-state index contributed by atoms with van der Waals surface area (Å²) in [5.74, 6) is 0.826. The Morgan fingerprint density at radius 1 is 1.32 bits per heavy atom. The molecule has 0 spiro atoms. The SMILES string of the molecule is CCOc1ccc(/C=C2\SC(=S)N(CC)C2=O)cc1. The third-order valence-corrected chi connectivity index (χ3v) is 4.06. The number of hydrogen-bond donors (Lipinski definition) is 0. The molecule has 1 aliphatic heterocycles.